The average Bonchev–Trinajstić information content (AvgIpc) is 2.90. The summed E-state index contributed by atoms with van der Waals surface area (Å²) in [6.45, 7) is 0. The van der Waals surface area contributed by atoms with Crippen molar-refractivity contribution in [2.75, 3.05) is 0 Å². The monoisotopic (exact) mass is 374 g/mol. The molecule has 2 nitrogen and oxygen atoms in total. The van der Waals surface area contributed by atoms with Crippen molar-refractivity contribution in [3.63, 3.8) is 0 Å². The van der Waals surface area contributed by atoms with E-state index < -0.39 is 0 Å². The first-order valence-electron chi connectivity index (χ1n) is 6.42. The molecule has 0 N–H and O–H groups in total. The zero-order valence-electron chi connectivity index (χ0n) is 10.6. The summed E-state index contributed by atoms with van der Waals surface area (Å²) in [7, 11) is 0. The van der Waals surface area contributed by atoms with E-state index in [1.54, 1.807) is 0 Å². The number of benzene rings is 2. The van der Waals surface area contributed by atoms with Gasteiger partial charge in [0.1, 0.15) is 5.82 Å². The van der Waals surface area contributed by atoms with Gasteiger partial charge in [0.2, 0.25) is 0 Å². The minimum atomic E-state index is 0.954. The summed E-state index contributed by atoms with van der Waals surface area (Å²) < 4.78 is 3.33. The number of halogens is 1. The molecule has 2 aromatic heterocycles. The zero-order chi connectivity index (χ0) is 13.5. The lowest BCUT2D eigenvalue weighted by molar-refractivity contribution is 1.02. The van der Waals surface area contributed by atoms with Gasteiger partial charge in [-0.25, -0.2) is 4.98 Å². The van der Waals surface area contributed by atoms with E-state index in [4.69, 9.17) is 0 Å². The summed E-state index contributed by atoms with van der Waals surface area (Å²) in [5.41, 5.74) is 0. The van der Waals surface area contributed by atoms with Gasteiger partial charge in [-0.2, -0.15) is 0 Å². The maximum absolute atomic E-state index is 4.56. The van der Waals surface area contributed by atoms with E-state index in [1.807, 2.05) is 6.20 Å². The number of pyridine rings is 1. The van der Waals surface area contributed by atoms with Crippen LogP contribution in [-0.2, 0) is 0 Å². The molecule has 0 aliphatic rings. The van der Waals surface area contributed by atoms with E-state index in [0.29, 0.717) is 0 Å². The molecular formula is C17H11IN2. The van der Waals surface area contributed by atoms with Crippen LogP contribution in [0.25, 0.3) is 27.4 Å². The Bertz CT molecular complexity index is 891. The predicted molar refractivity (Wildman–Crippen MR) is 91.3 cm³/mol. The molecule has 0 spiro atoms. The van der Waals surface area contributed by atoms with E-state index in [0.717, 1.165) is 5.82 Å². The van der Waals surface area contributed by atoms with Crippen LogP contribution in [0, 0.1) is 3.57 Å². The highest BCUT2D eigenvalue weighted by molar-refractivity contribution is 14.1. The molecular weight excluding hydrogens is 363 g/mol. The number of hydrogen-bond acceptors (Lipinski definition) is 1. The van der Waals surface area contributed by atoms with Crippen molar-refractivity contribution in [2.24, 2.45) is 0 Å². The molecule has 0 atom stereocenters. The Hall–Kier alpha value is -1.88. The highest BCUT2D eigenvalue weighted by Crippen LogP contribution is 2.22. The molecule has 4 rings (SSSR count). The van der Waals surface area contributed by atoms with Crippen LogP contribution in [-0.4, -0.2) is 9.55 Å². The van der Waals surface area contributed by atoms with Crippen LogP contribution in [0.2, 0.25) is 0 Å². The average molecular weight is 374 g/mol. The van der Waals surface area contributed by atoms with Gasteiger partial charge >= 0.3 is 0 Å². The molecule has 3 heteroatoms. The van der Waals surface area contributed by atoms with Crippen molar-refractivity contribution in [3.8, 4) is 5.82 Å². The predicted octanol–water partition coefficient (Wildman–Crippen LogP) is 4.78. The zero-order valence-corrected chi connectivity index (χ0v) is 12.8. The van der Waals surface area contributed by atoms with E-state index >= 15 is 0 Å². The van der Waals surface area contributed by atoms with Gasteiger partial charge in [0.25, 0.3) is 0 Å². The van der Waals surface area contributed by atoms with Gasteiger partial charge in [-0.1, -0.05) is 30.3 Å². The number of hydrogen-bond donors (Lipinski definition) is 0. The van der Waals surface area contributed by atoms with Crippen molar-refractivity contribution in [1.29, 1.82) is 0 Å². The fraction of sp³-hybridized carbons (Fsp3) is 0. The summed E-state index contributed by atoms with van der Waals surface area (Å²) in [5.74, 6) is 0.954. The number of fused-ring (bicyclic) bond motifs is 2. The molecule has 0 bridgehead atoms. The molecule has 0 radical (unpaired) electrons. The van der Waals surface area contributed by atoms with Gasteiger partial charge in [-0.15, -0.1) is 0 Å². The lowest BCUT2D eigenvalue weighted by Gasteiger charge is -2.04. The van der Waals surface area contributed by atoms with Crippen molar-refractivity contribution in [2.45, 2.75) is 0 Å². The van der Waals surface area contributed by atoms with Gasteiger partial charge in [-0.3, -0.25) is 0 Å². The van der Waals surface area contributed by atoms with Crippen LogP contribution in [0.4, 0.5) is 0 Å². The Morgan fingerprint density at radius 1 is 0.800 bits per heavy atom. The van der Waals surface area contributed by atoms with E-state index in [9.17, 15) is 0 Å². The van der Waals surface area contributed by atoms with Gasteiger partial charge in [0.15, 0.2) is 0 Å². The third-order valence-electron chi connectivity index (χ3n) is 3.49. The lowest BCUT2D eigenvalue weighted by atomic mass is 10.2. The van der Waals surface area contributed by atoms with Crippen LogP contribution in [0.15, 0.2) is 67.1 Å². The molecule has 0 amide bonds. The van der Waals surface area contributed by atoms with Gasteiger partial charge in [-0.05, 0) is 56.9 Å². The summed E-state index contributed by atoms with van der Waals surface area (Å²) in [6, 6.07) is 16.9. The Kier molecular flexibility index (Phi) is 2.73. The van der Waals surface area contributed by atoms with Crippen molar-refractivity contribution < 1.29 is 0 Å². The maximum Gasteiger partial charge on any atom is 0.137 e. The molecule has 96 valence electrons. The fourth-order valence-corrected chi connectivity index (χ4v) is 2.97. The second-order valence-electron chi connectivity index (χ2n) is 4.83. The summed E-state index contributed by atoms with van der Waals surface area (Å²) in [6.07, 6.45) is 6.18. The highest BCUT2D eigenvalue weighted by Gasteiger charge is 2.03. The third-order valence-corrected chi connectivity index (χ3v) is 4.16. The van der Waals surface area contributed by atoms with Crippen molar-refractivity contribution in [3.05, 3.63) is 70.7 Å². The maximum atomic E-state index is 4.56. The van der Waals surface area contributed by atoms with Crippen LogP contribution in [0.1, 0.15) is 0 Å². The first-order chi connectivity index (χ1) is 9.79. The second-order valence-corrected chi connectivity index (χ2v) is 6.07. The highest BCUT2D eigenvalue weighted by atomic mass is 131. The van der Waals surface area contributed by atoms with Crippen LogP contribution in [0.3, 0.4) is 0 Å². The molecule has 2 aromatic carbocycles. The lowest BCUT2D eigenvalue weighted by Crippen LogP contribution is -1.93. The Balaban J connectivity index is 1.92. The molecule has 0 fully saturated rings. The number of rotatable bonds is 1. The normalized spacial score (nSPS) is 11.2. The topological polar surface area (TPSA) is 17.8 Å². The van der Waals surface area contributed by atoms with Crippen LogP contribution < -0.4 is 0 Å². The summed E-state index contributed by atoms with van der Waals surface area (Å²) in [4.78, 5) is 4.56. The second kappa shape index (κ2) is 4.59. The van der Waals surface area contributed by atoms with E-state index in [2.05, 4.69) is 93.1 Å². The number of nitrogens with zero attached hydrogens (tertiary/aromatic N) is 2. The first-order valence-corrected chi connectivity index (χ1v) is 7.50. The molecule has 0 aliphatic carbocycles. The third kappa shape index (κ3) is 1.98. The van der Waals surface area contributed by atoms with Gasteiger partial charge in [0.05, 0.1) is 0 Å². The Labute approximate surface area is 130 Å². The number of aromatic nitrogens is 2. The molecule has 0 saturated carbocycles. The SMILES string of the molecule is [131I]c1ccc2cnc(-n3cc4ccccc4c3)cc2c1. The van der Waals surface area contributed by atoms with Crippen molar-refractivity contribution >= 4 is 44.1 Å². The smallest absolute Gasteiger partial charge is 0.137 e. The van der Waals surface area contributed by atoms with E-state index in [1.165, 1.54) is 25.1 Å². The van der Waals surface area contributed by atoms with Crippen LogP contribution >= 0.6 is 22.6 Å². The molecule has 0 aliphatic heterocycles. The minimum absolute atomic E-state index is 0.954. The first kappa shape index (κ1) is 11.9. The Morgan fingerprint density at radius 3 is 2.30 bits per heavy atom. The Morgan fingerprint density at radius 2 is 1.55 bits per heavy atom. The summed E-state index contributed by atoms with van der Waals surface area (Å²) in [5, 5.41) is 4.86. The fourth-order valence-electron chi connectivity index (χ4n) is 2.46. The van der Waals surface area contributed by atoms with Gasteiger partial charge < -0.3 is 4.57 Å². The minimum Gasteiger partial charge on any atom is -0.307 e. The quantitative estimate of drug-likeness (QED) is 0.439. The molecule has 2 heterocycles. The van der Waals surface area contributed by atoms with E-state index in [-0.39, 0.29) is 0 Å². The largest absolute Gasteiger partial charge is 0.307 e. The summed E-state index contributed by atoms with van der Waals surface area (Å²) >= 11 is 2.34. The standard InChI is InChI=1S/C17H11IN2/c18-16-6-5-12-9-19-17(8-15(12)7-16)20-10-13-3-1-2-4-14(13)11-20/h1-11H/i18+4. The molecule has 0 saturated heterocycles. The van der Waals surface area contributed by atoms with Gasteiger partial charge in [0, 0.05) is 27.5 Å². The van der Waals surface area contributed by atoms with Crippen LogP contribution in [0.5, 0.6) is 0 Å². The van der Waals surface area contributed by atoms with Crippen molar-refractivity contribution in [1.82, 2.24) is 9.55 Å². The molecule has 0 unspecified atom stereocenters. The molecule has 20 heavy (non-hydrogen) atoms. The molecule has 4 aromatic rings.